The minimum Gasteiger partial charge on any atom is -0.397 e. The summed E-state index contributed by atoms with van der Waals surface area (Å²) in [6.45, 7) is 3.32. The van der Waals surface area contributed by atoms with E-state index in [4.69, 9.17) is 10.5 Å². The van der Waals surface area contributed by atoms with Crippen molar-refractivity contribution < 1.29 is 9.53 Å². The van der Waals surface area contributed by atoms with Crippen molar-refractivity contribution in [2.24, 2.45) is 0 Å². The van der Waals surface area contributed by atoms with Gasteiger partial charge in [-0.2, -0.15) is 0 Å². The molecule has 18 heavy (non-hydrogen) atoms. The summed E-state index contributed by atoms with van der Waals surface area (Å²) in [7, 11) is 1.50. The summed E-state index contributed by atoms with van der Waals surface area (Å²) in [5.74, 6) is 0.698. The zero-order valence-corrected chi connectivity index (χ0v) is 10.8. The van der Waals surface area contributed by atoms with Gasteiger partial charge in [0.25, 0.3) is 0 Å². The molecule has 0 atom stereocenters. The normalized spacial score (nSPS) is 10.1. The van der Waals surface area contributed by atoms with Crippen LogP contribution in [-0.4, -0.2) is 37.7 Å². The van der Waals surface area contributed by atoms with Crippen molar-refractivity contribution >= 4 is 17.4 Å². The number of hydrogen-bond donors (Lipinski definition) is 3. The van der Waals surface area contributed by atoms with E-state index >= 15 is 0 Å². The topological polar surface area (TPSA) is 89.3 Å². The highest BCUT2D eigenvalue weighted by Gasteiger charge is 1.99. The maximum atomic E-state index is 11.1. The van der Waals surface area contributed by atoms with Crippen LogP contribution in [0.15, 0.2) is 12.1 Å². The van der Waals surface area contributed by atoms with Crippen LogP contribution >= 0.6 is 0 Å². The number of nitrogens with zero attached hydrogens (tertiary/aromatic N) is 1. The number of hydrogen-bond acceptors (Lipinski definition) is 5. The van der Waals surface area contributed by atoms with Gasteiger partial charge in [-0.05, 0) is 25.5 Å². The van der Waals surface area contributed by atoms with Gasteiger partial charge in [0.15, 0.2) is 0 Å². The van der Waals surface area contributed by atoms with Crippen molar-refractivity contribution in [2.75, 3.05) is 37.9 Å². The van der Waals surface area contributed by atoms with Gasteiger partial charge >= 0.3 is 0 Å². The van der Waals surface area contributed by atoms with E-state index in [0.29, 0.717) is 12.2 Å². The van der Waals surface area contributed by atoms with E-state index in [1.54, 1.807) is 0 Å². The summed E-state index contributed by atoms with van der Waals surface area (Å²) in [4.78, 5) is 15.4. The first-order valence-corrected chi connectivity index (χ1v) is 5.86. The standard InChI is InChI=1S/C12H20N4O2/c1-9-10(13)4-5-11(16-9)14-6-3-7-15-12(17)8-18-2/h4-5H,3,6-8,13H2,1-2H3,(H,14,16)(H,15,17). The quantitative estimate of drug-likeness (QED) is 0.616. The number of rotatable bonds is 7. The molecule has 0 unspecified atom stereocenters. The smallest absolute Gasteiger partial charge is 0.245 e. The van der Waals surface area contributed by atoms with E-state index in [-0.39, 0.29) is 12.5 Å². The average molecular weight is 252 g/mol. The molecule has 0 aliphatic rings. The van der Waals surface area contributed by atoms with Crippen LogP contribution in [0.25, 0.3) is 0 Å². The molecule has 0 aromatic carbocycles. The molecule has 0 aliphatic carbocycles. The molecule has 0 saturated carbocycles. The Kier molecular flexibility index (Phi) is 5.93. The second kappa shape index (κ2) is 7.50. The molecule has 0 fully saturated rings. The number of ether oxygens (including phenoxy) is 1. The largest absolute Gasteiger partial charge is 0.397 e. The van der Waals surface area contributed by atoms with Gasteiger partial charge in [0.2, 0.25) is 5.91 Å². The highest BCUT2D eigenvalue weighted by molar-refractivity contribution is 5.77. The van der Waals surface area contributed by atoms with Crippen LogP contribution in [0.1, 0.15) is 12.1 Å². The fraction of sp³-hybridized carbons (Fsp3) is 0.500. The number of nitrogen functional groups attached to an aromatic ring is 1. The molecule has 6 heteroatoms. The lowest BCUT2D eigenvalue weighted by Crippen LogP contribution is -2.29. The highest BCUT2D eigenvalue weighted by Crippen LogP contribution is 2.11. The second-order valence-corrected chi connectivity index (χ2v) is 3.93. The van der Waals surface area contributed by atoms with Crippen molar-refractivity contribution in [3.8, 4) is 0 Å². The number of nitrogens with two attached hydrogens (primary N) is 1. The van der Waals surface area contributed by atoms with Crippen LogP contribution in [0.3, 0.4) is 0 Å². The maximum Gasteiger partial charge on any atom is 0.245 e. The summed E-state index contributed by atoms with van der Waals surface area (Å²) >= 11 is 0. The Morgan fingerprint density at radius 3 is 2.89 bits per heavy atom. The van der Waals surface area contributed by atoms with Crippen molar-refractivity contribution in [3.05, 3.63) is 17.8 Å². The monoisotopic (exact) mass is 252 g/mol. The van der Waals surface area contributed by atoms with Gasteiger partial charge in [0, 0.05) is 20.2 Å². The van der Waals surface area contributed by atoms with Crippen molar-refractivity contribution in [3.63, 3.8) is 0 Å². The molecule has 100 valence electrons. The average Bonchev–Trinajstić information content (AvgIpc) is 2.33. The van der Waals surface area contributed by atoms with Crippen molar-refractivity contribution in [2.45, 2.75) is 13.3 Å². The molecule has 1 rings (SSSR count). The van der Waals surface area contributed by atoms with E-state index in [2.05, 4.69) is 15.6 Å². The number of pyridine rings is 1. The fourth-order valence-corrected chi connectivity index (χ4v) is 1.39. The Hall–Kier alpha value is -1.82. The van der Waals surface area contributed by atoms with Gasteiger partial charge in [0.1, 0.15) is 12.4 Å². The van der Waals surface area contributed by atoms with Crippen LogP contribution in [-0.2, 0) is 9.53 Å². The first kappa shape index (κ1) is 14.2. The molecule has 1 aromatic rings. The molecule has 1 aromatic heterocycles. The van der Waals surface area contributed by atoms with Crippen molar-refractivity contribution in [1.82, 2.24) is 10.3 Å². The number of nitrogens with one attached hydrogen (secondary N) is 2. The zero-order chi connectivity index (χ0) is 13.4. The molecule has 0 bridgehead atoms. The van der Waals surface area contributed by atoms with Gasteiger partial charge in [-0.3, -0.25) is 4.79 Å². The number of amides is 1. The van der Waals surface area contributed by atoms with Gasteiger partial charge < -0.3 is 21.1 Å². The molecule has 4 N–H and O–H groups in total. The van der Waals surface area contributed by atoms with E-state index < -0.39 is 0 Å². The number of carbonyl (C=O) groups is 1. The number of aromatic nitrogens is 1. The van der Waals surface area contributed by atoms with Gasteiger partial charge in [-0.1, -0.05) is 0 Å². The molecule has 6 nitrogen and oxygen atoms in total. The highest BCUT2D eigenvalue weighted by atomic mass is 16.5. The van der Waals surface area contributed by atoms with E-state index in [9.17, 15) is 4.79 Å². The third-order valence-corrected chi connectivity index (χ3v) is 2.38. The number of carbonyl (C=O) groups excluding carboxylic acids is 1. The van der Waals surface area contributed by atoms with Gasteiger partial charge in [-0.25, -0.2) is 4.98 Å². The molecular weight excluding hydrogens is 232 g/mol. The Morgan fingerprint density at radius 2 is 2.22 bits per heavy atom. The zero-order valence-electron chi connectivity index (χ0n) is 10.8. The van der Waals surface area contributed by atoms with Crippen LogP contribution in [0, 0.1) is 6.92 Å². The van der Waals surface area contributed by atoms with Crippen LogP contribution < -0.4 is 16.4 Å². The Morgan fingerprint density at radius 1 is 1.44 bits per heavy atom. The third-order valence-electron chi connectivity index (χ3n) is 2.38. The predicted molar refractivity (Wildman–Crippen MR) is 71.4 cm³/mol. The maximum absolute atomic E-state index is 11.1. The molecule has 0 spiro atoms. The Balaban J connectivity index is 2.18. The SMILES string of the molecule is COCC(=O)NCCCNc1ccc(N)c(C)n1. The van der Waals surface area contributed by atoms with Crippen molar-refractivity contribution in [1.29, 1.82) is 0 Å². The van der Waals surface area contributed by atoms with Crippen LogP contribution in [0.5, 0.6) is 0 Å². The Labute approximate surface area is 107 Å². The second-order valence-electron chi connectivity index (χ2n) is 3.93. The first-order valence-electron chi connectivity index (χ1n) is 5.86. The number of anilines is 2. The molecule has 0 aliphatic heterocycles. The Bertz CT molecular complexity index is 396. The van der Waals surface area contributed by atoms with Gasteiger partial charge in [0.05, 0.1) is 11.4 Å². The lowest BCUT2D eigenvalue weighted by Gasteiger charge is -2.08. The summed E-state index contributed by atoms with van der Waals surface area (Å²) in [6, 6.07) is 3.66. The van der Waals surface area contributed by atoms with E-state index in [0.717, 1.165) is 24.5 Å². The first-order chi connectivity index (χ1) is 8.63. The third kappa shape index (κ3) is 5.01. The van der Waals surface area contributed by atoms with Crippen LogP contribution in [0.4, 0.5) is 11.5 Å². The van der Waals surface area contributed by atoms with Gasteiger partial charge in [-0.15, -0.1) is 0 Å². The van der Waals surface area contributed by atoms with E-state index in [1.165, 1.54) is 7.11 Å². The molecule has 0 saturated heterocycles. The lowest BCUT2D eigenvalue weighted by molar-refractivity contribution is -0.124. The lowest BCUT2D eigenvalue weighted by atomic mass is 10.3. The number of methoxy groups -OCH3 is 1. The molecule has 0 radical (unpaired) electrons. The fourth-order valence-electron chi connectivity index (χ4n) is 1.39. The summed E-state index contributed by atoms with van der Waals surface area (Å²) in [6.07, 6.45) is 0.820. The summed E-state index contributed by atoms with van der Waals surface area (Å²) in [5.41, 5.74) is 7.18. The molecular formula is C12H20N4O2. The molecule has 1 amide bonds. The minimum atomic E-state index is -0.0982. The minimum absolute atomic E-state index is 0.0982. The number of aryl methyl sites for hydroxylation is 1. The summed E-state index contributed by atoms with van der Waals surface area (Å²) in [5, 5.41) is 5.92. The predicted octanol–water partition coefficient (Wildman–Crippen LogP) is 0.537. The van der Waals surface area contributed by atoms with E-state index in [1.807, 2.05) is 19.1 Å². The molecule has 1 heterocycles. The summed E-state index contributed by atoms with van der Waals surface area (Å²) < 4.78 is 4.70. The van der Waals surface area contributed by atoms with Crippen LogP contribution in [0.2, 0.25) is 0 Å².